The van der Waals surface area contributed by atoms with E-state index in [9.17, 15) is 0 Å². The number of fused-ring (bicyclic) bond motifs is 11. The highest BCUT2D eigenvalue weighted by molar-refractivity contribution is 6.21. The van der Waals surface area contributed by atoms with Gasteiger partial charge in [-0.1, -0.05) is 190 Å². The molecule has 67 heavy (non-hydrogen) atoms. The second-order valence-corrected chi connectivity index (χ2v) is 18.8. The van der Waals surface area contributed by atoms with E-state index in [0.717, 1.165) is 11.4 Å². The van der Waals surface area contributed by atoms with E-state index in [4.69, 9.17) is 0 Å². The number of nitrogens with zero attached hydrogens (tertiary/aromatic N) is 2. The molecule has 14 rings (SSSR count). The van der Waals surface area contributed by atoms with Gasteiger partial charge in [-0.2, -0.15) is 0 Å². The molecule has 2 nitrogen and oxygen atoms in total. The molecule has 0 bridgehead atoms. The molecule has 0 atom stereocenters. The average molecular weight is 853 g/mol. The lowest BCUT2D eigenvalue weighted by Crippen LogP contribution is -2.16. The lowest BCUT2D eigenvalue weighted by atomic mass is 9.77. The summed E-state index contributed by atoms with van der Waals surface area (Å²) < 4.78 is 4.85. The Morgan fingerprint density at radius 3 is 1.27 bits per heavy atom. The predicted molar refractivity (Wildman–Crippen MR) is 284 cm³/mol. The van der Waals surface area contributed by atoms with Crippen LogP contribution >= 0.6 is 0 Å². The summed E-state index contributed by atoms with van der Waals surface area (Å²) >= 11 is 0. The Kier molecular flexibility index (Phi) is 8.06. The first-order valence-electron chi connectivity index (χ1n) is 23.4. The highest BCUT2D eigenvalue weighted by atomic mass is 15.0. The minimum absolute atomic E-state index is 0.196. The van der Waals surface area contributed by atoms with Crippen molar-refractivity contribution in [3.63, 3.8) is 0 Å². The molecule has 11 aromatic carbocycles. The van der Waals surface area contributed by atoms with E-state index in [1.54, 1.807) is 0 Å². The van der Waals surface area contributed by atoms with Crippen molar-refractivity contribution >= 4 is 65.2 Å². The fourth-order valence-electron chi connectivity index (χ4n) is 12.0. The van der Waals surface area contributed by atoms with E-state index in [2.05, 4.69) is 254 Å². The number of aromatic nitrogens is 2. The number of hydrogen-bond donors (Lipinski definition) is 0. The quantitative estimate of drug-likeness (QED) is 0.153. The van der Waals surface area contributed by atoms with Gasteiger partial charge in [0.25, 0.3) is 0 Å². The predicted octanol–water partition coefficient (Wildman–Crippen LogP) is 17.5. The minimum atomic E-state index is -0.196. The van der Waals surface area contributed by atoms with Gasteiger partial charge in [-0.3, -0.25) is 0 Å². The first kappa shape index (κ1) is 37.9. The van der Waals surface area contributed by atoms with Crippen molar-refractivity contribution in [2.75, 3.05) is 0 Å². The summed E-state index contributed by atoms with van der Waals surface area (Å²) in [5.74, 6) is 0. The molecular weight excluding hydrogens is 809 g/mol. The first-order chi connectivity index (χ1) is 33.0. The van der Waals surface area contributed by atoms with Gasteiger partial charge in [-0.05, 0) is 132 Å². The zero-order chi connectivity index (χ0) is 44.4. The molecule has 0 fully saturated rings. The summed E-state index contributed by atoms with van der Waals surface area (Å²) in [6, 6.07) is 85.8. The summed E-state index contributed by atoms with van der Waals surface area (Å²) in [4.78, 5) is 0. The second-order valence-electron chi connectivity index (χ2n) is 18.8. The van der Waals surface area contributed by atoms with E-state index in [1.165, 1.54) is 121 Å². The van der Waals surface area contributed by atoms with Crippen LogP contribution in [-0.4, -0.2) is 9.13 Å². The number of benzene rings is 11. The maximum atomic E-state index is 2.50. The molecule has 1 aliphatic carbocycles. The summed E-state index contributed by atoms with van der Waals surface area (Å²) in [6.07, 6.45) is 0. The molecule has 2 heterocycles. The summed E-state index contributed by atoms with van der Waals surface area (Å²) in [5, 5.41) is 10.0. The second kappa shape index (κ2) is 14.3. The Hall–Kier alpha value is -8.46. The van der Waals surface area contributed by atoms with Gasteiger partial charge in [-0.25, -0.2) is 0 Å². The van der Waals surface area contributed by atoms with Crippen molar-refractivity contribution in [1.82, 2.24) is 9.13 Å². The van der Waals surface area contributed by atoms with Crippen molar-refractivity contribution in [3.8, 4) is 55.9 Å². The van der Waals surface area contributed by atoms with Crippen LogP contribution in [0.1, 0.15) is 25.0 Å². The van der Waals surface area contributed by atoms with Crippen molar-refractivity contribution in [2.45, 2.75) is 19.3 Å². The number of para-hydroxylation sites is 4. The number of rotatable bonds is 5. The Balaban J connectivity index is 1.08. The maximum Gasteiger partial charge on any atom is 0.0547 e. The molecule has 2 aromatic heterocycles. The van der Waals surface area contributed by atoms with Crippen molar-refractivity contribution < 1.29 is 0 Å². The summed E-state index contributed by atoms with van der Waals surface area (Å²) in [5.41, 5.74) is 19.8. The normalized spacial score (nSPS) is 13.0. The van der Waals surface area contributed by atoms with Crippen LogP contribution in [0.5, 0.6) is 0 Å². The molecule has 0 unspecified atom stereocenters. The lowest BCUT2D eigenvalue weighted by Gasteiger charge is -2.26. The highest BCUT2D eigenvalue weighted by Crippen LogP contribution is 2.54. The van der Waals surface area contributed by atoms with E-state index >= 15 is 0 Å². The topological polar surface area (TPSA) is 9.86 Å². The molecule has 0 radical (unpaired) electrons. The third kappa shape index (κ3) is 5.45. The molecule has 314 valence electrons. The summed E-state index contributed by atoms with van der Waals surface area (Å²) in [7, 11) is 0. The van der Waals surface area contributed by atoms with Crippen LogP contribution in [0.25, 0.3) is 121 Å². The van der Waals surface area contributed by atoms with Crippen LogP contribution < -0.4 is 0 Å². The molecule has 0 saturated carbocycles. The standard InChI is InChI=1S/C65H44N2/c1-65(2)58-31-12-9-22-47(58)54-29-17-30-55(64(54)65)63-52-27-15-25-45(41-34-36-50-48-23-10-13-32-59(48)66(61(50)38-41)43-18-5-3-6-19-43)56(52)40-57-46(26-16-28-53(57)63)42-35-37-51-49-24-11-14-33-60(49)67(62(51)39-42)44-20-7-4-8-21-44/h3-40H,1-2H3. The van der Waals surface area contributed by atoms with Crippen LogP contribution in [0.4, 0.5) is 0 Å². The van der Waals surface area contributed by atoms with E-state index in [-0.39, 0.29) is 5.41 Å². The van der Waals surface area contributed by atoms with Gasteiger partial charge in [0.1, 0.15) is 0 Å². The van der Waals surface area contributed by atoms with Crippen molar-refractivity contribution in [1.29, 1.82) is 0 Å². The molecule has 13 aromatic rings. The molecule has 0 saturated heterocycles. The third-order valence-corrected chi connectivity index (χ3v) is 14.9. The molecule has 0 N–H and O–H groups in total. The Bertz CT molecular complexity index is 3950. The number of hydrogen-bond acceptors (Lipinski definition) is 0. The third-order valence-electron chi connectivity index (χ3n) is 14.9. The smallest absolute Gasteiger partial charge is 0.0547 e. The van der Waals surface area contributed by atoms with Gasteiger partial charge in [0.05, 0.1) is 22.1 Å². The first-order valence-corrected chi connectivity index (χ1v) is 23.4. The lowest BCUT2D eigenvalue weighted by molar-refractivity contribution is 0.662. The largest absolute Gasteiger partial charge is 0.309 e. The van der Waals surface area contributed by atoms with Crippen molar-refractivity contribution in [2.24, 2.45) is 0 Å². The van der Waals surface area contributed by atoms with Crippen LogP contribution in [0, 0.1) is 0 Å². The molecule has 0 aliphatic heterocycles. The van der Waals surface area contributed by atoms with Crippen LogP contribution in [0.15, 0.2) is 231 Å². The zero-order valence-electron chi connectivity index (χ0n) is 37.3. The molecule has 0 amide bonds. The van der Waals surface area contributed by atoms with E-state index in [1.807, 2.05) is 0 Å². The minimum Gasteiger partial charge on any atom is -0.309 e. The van der Waals surface area contributed by atoms with Crippen LogP contribution in [0.3, 0.4) is 0 Å². The Morgan fingerprint density at radius 2 is 0.701 bits per heavy atom. The summed E-state index contributed by atoms with van der Waals surface area (Å²) in [6.45, 7) is 4.82. The Morgan fingerprint density at radius 1 is 0.284 bits per heavy atom. The highest BCUT2D eigenvalue weighted by Gasteiger charge is 2.38. The van der Waals surface area contributed by atoms with Crippen LogP contribution in [0.2, 0.25) is 0 Å². The molecule has 1 aliphatic rings. The monoisotopic (exact) mass is 852 g/mol. The zero-order valence-corrected chi connectivity index (χ0v) is 37.3. The maximum absolute atomic E-state index is 2.50. The molecule has 0 spiro atoms. The van der Waals surface area contributed by atoms with E-state index in [0.29, 0.717) is 0 Å². The van der Waals surface area contributed by atoms with Gasteiger partial charge < -0.3 is 9.13 Å². The van der Waals surface area contributed by atoms with Crippen molar-refractivity contribution in [3.05, 3.63) is 242 Å². The fourth-order valence-corrected chi connectivity index (χ4v) is 12.0. The van der Waals surface area contributed by atoms with Gasteiger partial charge >= 0.3 is 0 Å². The average Bonchev–Trinajstić information content (AvgIpc) is 3.98. The SMILES string of the molecule is CC1(C)c2ccccc2-c2cccc(-c3c4cccc(-c5ccc6c7ccccc7n(-c7ccccc7)c6c5)c4cc4c(-c5ccc6c7ccccc7n(-c7ccccc7)c6c5)cccc34)c21. The van der Waals surface area contributed by atoms with Gasteiger partial charge in [0, 0.05) is 38.3 Å². The van der Waals surface area contributed by atoms with Gasteiger partial charge in [-0.15, -0.1) is 0 Å². The van der Waals surface area contributed by atoms with Gasteiger partial charge in [0.15, 0.2) is 0 Å². The Labute approximate surface area is 389 Å². The fraction of sp³-hybridized carbons (Fsp3) is 0.0462. The van der Waals surface area contributed by atoms with Crippen LogP contribution in [-0.2, 0) is 5.41 Å². The van der Waals surface area contributed by atoms with Gasteiger partial charge in [0.2, 0.25) is 0 Å². The molecule has 2 heteroatoms. The molecular formula is C65H44N2. The van der Waals surface area contributed by atoms with E-state index < -0.39 is 0 Å².